The molecule has 2 aromatic rings. The highest BCUT2D eigenvalue weighted by atomic mass is 16.5. The number of nitrogens with zero attached hydrogens (tertiary/aromatic N) is 1. The Bertz CT molecular complexity index is 731. The van der Waals surface area contributed by atoms with Crippen molar-refractivity contribution >= 4 is 5.91 Å². The zero-order valence-electron chi connectivity index (χ0n) is 14.7. The Morgan fingerprint density at radius 1 is 1.04 bits per heavy atom. The van der Waals surface area contributed by atoms with Crippen molar-refractivity contribution in [2.45, 2.75) is 39.2 Å². The molecule has 126 valence electrons. The molecule has 0 aliphatic carbocycles. The van der Waals surface area contributed by atoms with E-state index in [9.17, 15) is 4.79 Å². The minimum Gasteiger partial charge on any atom is -0.483 e. The van der Waals surface area contributed by atoms with Gasteiger partial charge < -0.3 is 9.64 Å². The first-order valence-electron chi connectivity index (χ1n) is 8.52. The maximum Gasteiger partial charge on any atom is 0.260 e. The Hall–Kier alpha value is -2.29. The van der Waals surface area contributed by atoms with Gasteiger partial charge in [-0.1, -0.05) is 63.2 Å². The van der Waals surface area contributed by atoms with Gasteiger partial charge >= 0.3 is 0 Å². The van der Waals surface area contributed by atoms with Gasteiger partial charge in [0.15, 0.2) is 6.61 Å². The number of benzene rings is 2. The molecule has 3 heteroatoms. The molecule has 3 nitrogen and oxygen atoms in total. The number of hydrogen-bond acceptors (Lipinski definition) is 2. The Labute approximate surface area is 144 Å². The van der Waals surface area contributed by atoms with Gasteiger partial charge in [0.1, 0.15) is 5.75 Å². The van der Waals surface area contributed by atoms with E-state index in [0.717, 1.165) is 24.3 Å². The molecular weight excluding hydrogens is 298 g/mol. The van der Waals surface area contributed by atoms with Gasteiger partial charge in [0.2, 0.25) is 0 Å². The minimum atomic E-state index is -0.0102. The molecule has 1 heterocycles. The predicted octanol–water partition coefficient (Wildman–Crippen LogP) is 3.95. The van der Waals surface area contributed by atoms with Crippen LogP contribution in [0.15, 0.2) is 48.5 Å². The second-order valence-corrected chi connectivity index (χ2v) is 7.37. The molecule has 0 N–H and O–H groups in total. The van der Waals surface area contributed by atoms with Crippen molar-refractivity contribution in [1.29, 1.82) is 0 Å². The topological polar surface area (TPSA) is 29.5 Å². The highest BCUT2D eigenvalue weighted by molar-refractivity contribution is 5.78. The van der Waals surface area contributed by atoms with Crippen molar-refractivity contribution in [2.24, 2.45) is 0 Å². The van der Waals surface area contributed by atoms with Crippen molar-refractivity contribution in [2.75, 3.05) is 13.2 Å². The van der Waals surface area contributed by atoms with Crippen molar-refractivity contribution in [3.8, 4) is 5.75 Å². The van der Waals surface area contributed by atoms with Gasteiger partial charge in [0.05, 0.1) is 0 Å². The fourth-order valence-electron chi connectivity index (χ4n) is 3.15. The average molecular weight is 323 g/mol. The molecule has 1 aliphatic heterocycles. The van der Waals surface area contributed by atoms with Gasteiger partial charge in [0, 0.05) is 13.1 Å². The largest absolute Gasteiger partial charge is 0.483 e. The van der Waals surface area contributed by atoms with Crippen LogP contribution >= 0.6 is 0 Å². The van der Waals surface area contributed by atoms with Crippen LogP contribution in [0.4, 0.5) is 0 Å². The summed E-state index contributed by atoms with van der Waals surface area (Å²) in [7, 11) is 0. The van der Waals surface area contributed by atoms with Crippen LogP contribution in [0.25, 0.3) is 0 Å². The number of carbonyl (C=O) groups excluding carboxylic acids is 1. The standard InChI is InChI=1S/C21H25NO2/c1-21(2,3)18-10-6-7-11-19(18)24-15-20(23)22-13-12-16-8-4-5-9-17(16)14-22/h4-11H,12-15H2,1-3H3. The van der Waals surface area contributed by atoms with Gasteiger partial charge in [-0.2, -0.15) is 0 Å². The van der Waals surface area contributed by atoms with Gasteiger partial charge in [-0.25, -0.2) is 0 Å². The number of fused-ring (bicyclic) bond motifs is 1. The number of carbonyl (C=O) groups is 1. The first-order valence-corrected chi connectivity index (χ1v) is 8.52. The molecule has 2 aromatic carbocycles. The molecule has 3 rings (SSSR count). The molecule has 0 atom stereocenters. The second kappa shape index (κ2) is 6.68. The molecule has 0 radical (unpaired) electrons. The molecule has 24 heavy (non-hydrogen) atoms. The fourth-order valence-corrected chi connectivity index (χ4v) is 3.15. The first kappa shape index (κ1) is 16.6. The smallest absolute Gasteiger partial charge is 0.260 e. The van der Waals surface area contributed by atoms with Crippen molar-refractivity contribution in [3.63, 3.8) is 0 Å². The van der Waals surface area contributed by atoms with Crippen LogP contribution in [-0.4, -0.2) is 24.0 Å². The van der Waals surface area contributed by atoms with Gasteiger partial charge in [-0.05, 0) is 34.6 Å². The molecule has 0 fully saturated rings. The van der Waals surface area contributed by atoms with Gasteiger partial charge in [0.25, 0.3) is 5.91 Å². The van der Waals surface area contributed by atoms with Crippen LogP contribution in [0.1, 0.15) is 37.5 Å². The third-order valence-corrected chi connectivity index (χ3v) is 4.53. The van der Waals surface area contributed by atoms with E-state index in [0.29, 0.717) is 6.54 Å². The molecule has 0 bridgehead atoms. The summed E-state index contributed by atoms with van der Waals surface area (Å²) in [5, 5.41) is 0. The Morgan fingerprint density at radius 3 is 2.46 bits per heavy atom. The number of amides is 1. The van der Waals surface area contributed by atoms with E-state index in [-0.39, 0.29) is 17.9 Å². The molecule has 1 aliphatic rings. The minimum absolute atomic E-state index is 0.0102. The molecule has 0 saturated carbocycles. The highest BCUT2D eigenvalue weighted by Gasteiger charge is 2.22. The third kappa shape index (κ3) is 3.61. The molecule has 0 spiro atoms. The van der Waals surface area contributed by atoms with E-state index >= 15 is 0 Å². The summed E-state index contributed by atoms with van der Waals surface area (Å²) in [4.78, 5) is 14.4. The summed E-state index contributed by atoms with van der Waals surface area (Å²) in [6.45, 7) is 7.99. The summed E-state index contributed by atoms with van der Waals surface area (Å²) < 4.78 is 5.88. The fraction of sp³-hybridized carbons (Fsp3) is 0.381. The Morgan fingerprint density at radius 2 is 1.71 bits per heavy atom. The summed E-state index contributed by atoms with van der Waals surface area (Å²) in [5.41, 5.74) is 3.71. The van der Waals surface area contributed by atoms with E-state index in [2.05, 4.69) is 45.0 Å². The maximum absolute atomic E-state index is 12.5. The number of hydrogen-bond donors (Lipinski definition) is 0. The molecule has 0 aromatic heterocycles. The lowest BCUT2D eigenvalue weighted by Gasteiger charge is -2.29. The summed E-state index contributed by atoms with van der Waals surface area (Å²) in [6, 6.07) is 16.3. The second-order valence-electron chi connectivity index (χ2n) is 7.37. The van der Waals surface area contributed by atoms with Crippen molar-refractivity contribution < 1.29 is 9.53 Å². The van der Waals surface area contributed by atoms with Crippen LogP contribution in [0.2, 0.25) is 0 Å². The van der Waals surface area contributed by atoms with Crippen LogP contribution in [-0.2, 0) is 23.2 Å². The maximum atomic E-state index is 12.5. The van der Waals surface area contributed by atoms with E-state index in [1.54, 1.807) is 0 Å². The van der Waals surface area contributed by atoms with E-state index in [1.807, 2.05) is 29.2 Å². The molecule has 0 unspecified atom stereocenters. The normalized spacial score (nSPS) is 14.2. The lowest BCUT2D eigenvalue weighted by atomic mass is 9.86. The summed E-state index contributed by atoms with van der Waals surface area (Å²) in [6.07, 6.45) is 0.917. The number of para-hydroxylation sites is 1. The number of ether oxygens (including phenoxy) is 1. The number of rotatable bonds is 3. The Balaban J connectivity index is 1.65. The quantitative estimate of drug-likeness (QED) is 0.856. The van der Waals surface area contributed by atoms with Crippen LogP contribution in [0.3, 0.4) is 0 Å². The van der Waals surface area contributed by atoms with E-state index in [4.69, 9.17) is 4.74 Å². The van der Waals surface area contributed by atoms with Crippen molar-refractivity contribution in [1.82, 2.24) is 4.90 Å². The van der Waals surface area contributed by atoms with E-state index < -0.39 is 0 Å². The average Bonchev–Trinajstić information content (AvgIpc) is 2.58. The third-order valence-electron chi connectivity index (χ3n) is 4.53. The van der Waals surface area contributed by atoms with Gasteiger partial charge in [-0.15, -0.1) is 0 Å². The zero-order valence-corrected chi connectivity index (χ0v) is 14.7. The zero-order chi connectivity index (χ0) is 17.2. The SMILES string of the molecule is CC(C)(C)c1ccccc1OCC(=O)N1CCc2ccccc2C1. The lowest BCUT2D eigenvalue weighted by Crippen LogP contribution is -2.38. The van der Waals surface area contributed by atoms with Crippen LogP contribution in [0.5, 0.6) is 5.75 Å². The van der Waals surface area contributed by atoms with Crippen LogP contribution < -0.4 is 4.74 Å². The summed E-state index contributed by atoms with van der Waals surface area (Å²) in [5.74, 6) is 0.851. The summed E-state index contributed by atoms with van der Waals surface area (Å²) >= 11 is 0. The first-order chi connectivity index (χ1) is 11.4. The van der Waals surface area contributed by atoms with Crippen LogP contribution in [0, 0.1) is 0 Å². The monoisotopic (exact) mass is 323 g/mol. The van der Waals surface area contributed by atoms with Gasteiger partial charge in [-0.3, -0.25) is 4.79 Å². The molecule has 1 amide bonds. The molecular formula is C21H25NO2. The molecule has 0 saturated heterocycles. The lowest BCUT2D eigenvalue weighted by molar-refractivity contribution is -0.134. The van der Waals surface area contributed by atoms with E-state index in [1.165, 1.54) is 11.1 Å². The Kier molecular flexibility index (Phi) is 4.61. The predicted molar refractivity (Wildman–Crippen MR) is 96.2 cm³/mol. The van der Waals surface area contributed by atoms with Crippen molar-refractivity contribution in [3.05, 3.63) is 65.2 Å². The highest BCUT2D eigenvalue weighted by Crippen LogP contribution is 2.31.